The zero-order valence-electron chi connectivity index (χ0n) is 18.0. The van der Waals surface area contributed by atoms with Gasteiger partial charge < -0.3 is 10.1 Å². The summed E-state index contributed by atoms with van der Waals surface area (Å²) in [6, 6.07) is 9.45. The molecule has 9 heteroatoms. The second-order valence-electron chi connectivity index (χ2n) is 7.70. The van der Waals surface area contributed by atoms with Crippen molar-refractivity contribution in [3.63, 3.8) is 0 Å². The molecule has 1 aliphatic heterocycles. The van der Waals surface area contributed by atoms with Gasteiger partial charge in [0.25, 0.3) is 0 Å². The molecule has 1 N–H and O–H groups in total. The summed E-state index contributed by atoms with van der Waals surface area (Å²) in [7, 11) is -3.09. The van der Waals surface area contributed by atoms with Crippen LogP contribution >= 0.6 is 11.3 Å². The summed E-state index contributed by atoms with van der Waals surface area (Å²) < 4.78 is 29.2. The van der Waals surface area contributed by atoms with Crippen molar-refractivity contribution >= 4 is 38.1 Å². The van der Waals surface area contributed by atoms with Crippen LogP contribution in [0, 0.1) is 13.8 Å². The van der Waals surface area contributed by atoms with E-state index in [0.29, 0.717) is 23.5 Å². The smallest absolute Gasteiger partial charge is 0.341 e. The van der Waals surface area contributed by atoms with E-state index < -0.39 is 15.8 Å². The molecule has 2 aromatic rings. The van der Waals surface area contributed by atoms with Crippen LogP contribution in [0.4, 0.5) is 5.00 Å². The third-order valence-corrected chi connectivity index (χ3v) is 8.29. The summed E-state index contributed by atoms with van der Waals surface area (Å²) >= 11 is 1.34. The number of carbonyl (C=O) groups excluding carboxylic acids is 2. The number of nitrogens with zero attached hydrogens (tertiary/aromatic N) is 1. The molecule has 1 fully saturated rings. The second kappa shape index (κ2) is 9.93. The zero-order valence-corrected chi connectivity index (χ0v) is 19.6. The Morgan fingerprint density at radius 1 is 1.23 bits per heavy atom. The number of anilines is 1. The van der Waals surface area contributed by atoms with Gasteiger partial charge in [0.15, 0.2) is 9.84 Å². The lowest BCUT2D eigenvalue weighted by atomic mass is 10.1. The van der Waals surface area contributed by atoms with E-state index >= 15 is 0 Å². The minimum atomic E-state index is -3.09. The highest BCUT2D eigenvalue weighted by Gasteiger charge is 2.33. The molecule has 3 rings (SSSR count). The molecule has 168 valence electrons. The molecule has 1 aromatic carbocycles. The summed E-state index contributed by atoms with van der Waals surface area (Å²) in [6.45, 7) is 6.22. The Labute approximate surface area is 187 Å². The number of hydrogen-bond acceptors (Lipinski definition) is 7. The normalized spacial score (nSPS) is 17.6. The molecule has 1 amide bonds. The van der Waals surface area contributed by atoms with Crippen molar-refractivity contribution in [2.24, 2.45) is 0 Å². The van der Waals surface area contributed by atoms with Gasteiger partial charge >= 0.3 is 5.97 Å². The van der Waals surface area contributed by atoms with Gasteiger partial charge in [0.1, 0.15) is 5.00 Å². The van der Waals surface area contributed by atoms with E-state index in [9.17, 15) is 18.0 Å². The maximum Gasteiger partial charge on any atom is 0.341 e. The predicted molar refractivity (Wildman–Crippen MR) is 122 cm³/mol. The van der Waals surface area contributed by atoms with E-state index in [-0.39, 0.29) is 36.6 Å². The summed E-state index contributed by atoms with van der Waals surface area (Å²) in [5, 5.41) is 3.33. The van der Waals surface area contributed by atoms with Crippen LogP contribution in [0.3, 0.4) is 0 Å². The molecule has 0 unspecified atom stereocenters. The molecule has 1 aliphatic rings. The number of nitrogens with one attached hydrogen (secondary N) is 1. The average molecular weight is 465 g/mol. The van der Waals surface area contributed by atoms with Crippen molar-refractivity contribution in [1.82, 2.24) is 4.90 Å². The molecule has 2 heterocycles. The maximum absolute atomic E-state index is 12.9. The Kier molecular flexibility index (Phi) is 7.51. The molecule has 1 aromatic heterocycles. The van der Waals surface area contributed by atoms with Crippen LogP contribution in [0.5, 0.6) is 0 Å². The molecule has 1 saturated heterocycles. The Morgan fingerprint density at radius 3 is 2.55 bits per heavy atom. The SMILES string of the molecule is CCOC(=O)c1c(NC(=O)CN(Cc2ccccc2)[C@H]2CCS(=O)(=O)C2)sc(C)c1C. The zero-order chi connectivity index (χ0) is 22.6. The van der Waals surface area contributed by atoms with Gasteiger partial charge in [0.05, 0.1) is 30.2 Å². The fraction of sp³-hybridized carbons (Fsp3) is 0.455. The first-order valence-corrected chi connectivity index (χ1v) is 12.9. The van der Waals surface area contributed by atoms with Crippen LogP contribution < -0.4 is 5.32 Å². The number of sulfone groups is 1. The molecule has 0 radical (unpaired) electrons. The Bertz CT molecular complexity index is 1050. The quantitative estimate of drug-likeness (QED) is 0.603. The number of carbonyl (C=O) groups is 2. The van der Waals surface area contributed by atoms with Crippen molar-refractivity contribution in [2.45, 2.75) is 39.8 Å². The Hall–Kier alpha value is -2.23. The van der Waals surface area contributed by atoms with Crippen LogP contribution in [-0.4, -0.2) is 55.9 Å². The average Bonchev–Trinajstić information content (AvgIpc) is 3.21. The molecule has 7 nitrogen and oxygen atoms in total. The number of aryl methyl sites for hydroxylation is 1. The molecule has 0 spiro atoms. The summed E-state index contributed by atoms with van der Waals surface area (Å²) in [6.07, 6.45) is 0.508. The number of amides is 1. The summed E-state index contributed by atoms with van der Waals surface area (Å²) in [5.41, 5.74) is 2.19. The van der Waals surface area contributed by atoms with Crippen LogP contribution in [-0.2, 0) is 25.9 Å². The molecule has 1 atom stereocenters. The highest BCUT2D eigenvalue weighted by atomic mass is 32.2. The third kappa shape index (κ3) is 5.93. The van der Waals surface area contributed by atoms with E-state index in [1.165, 1.54) is 11.3 Å². The number of ether oxygens (including phenoxy) is 1. The number of benzene rings is 1. The molecule has 31 heavy (non-hydrogen) atoms. The largest absolute Gasteiger partial charge is 0.462 e. The van der Waals surface area contributed by atoms with E-state index in [4.69, 9.17) is 4.74 Å². The highest BCUT2D eigenvalue weighted by molar-refractivity contribution is 7.91. The number of thiophene rings is 1. The van der Waals surface area contributed by atoms with Crippen molar-refractivity contribution in [3.8, 4) is 0 Å². The van der Waals surface area contributed by atoms with Crippen molar-refractivity contribution in [2.75, 3.05) is 30.0 Å². The van der Waals surface area contributed by atoms with Crippen molar-refractivity contribution < 1.29 is 22.7 Å². The standard InChI is InChI=1S/C22H28N2O5S2/c1-4-29-22(26)20-15(2)16(3)30-21(20)23-19(25)13-24(12-17-8-6-5-7-9-17)18-10-11-31(27,28)14-18/h5-9,18H,4,10-14H2,1-3H3,(H,23,25)/t18-/m0/s1. The van der Waals surface area contributed by atoms with Gasteiger partial charge in [-0.25, -0.2) is 13.2 Å². The first-order chi connectivity index (χ1) is 14.7. The predicted octanol–water partition coefficient (Wildman–Crippen LogP) is 3.17. The molecular formula is C22H28N2O5S2. The fourth-order valence-corrected chi connectivity index (χ4v) is 6.54. The lowest BCUT2D eigenvalue weighted by molar-refractivity contribution is -0.117. The van der Waals surface area contributed by atoms with Gasteiger partial charge in [-0.3, -0.25) is 9.69 Å². The van der Waals surface area contributed by atoms with Crippen LogP contribution in [0.15, 0.2) is 30.3 Å². The molecule has 0 aliphatic carbocycles. The molecular weight excluding hydrogens is 436 g/mol. The van der Waals surface area contributed by atoms with Crippen molar-refractivity contribution in [1.29, 1.82) is 0 Å². The van der Waals surface area contributed by atoms with E-state index in [0.717, 1.165) is 16.0 Å². The van der Waals surface area contributed by atoms with Crippen LogP contribution in [0.25, 0.3) is 0 Å². The Balaban J connectivity index is 1.78. The van der Waals surface area contributed by atoms with Crippen LogP contribution in [0.1, 0.15) is 39.7 Å². The lowest BCUT2D eigenvalue weighted by Gasteiger charge is -2.27. The van der Waals surface area contributed by atoms with E-state index in [1.807, 2.05) is 49.1 Å². The summed E-state index contributed by atoms with van der Waals surface area (Å²) in [4.78, 5) is 28.2. The van der Waals surface area contributed by atoms with Crippen molar-refractivity contribution in [3.05, 3.63) is 51.9 Å². The van der Waals surface area contributed by atoms with Gasteiger partial charge in [-0.1, -0.05) is 30.3 Å². The molecule has 0 bridgehead atoms. The minimum absolute atomic E-state index is 0.0351. The lowest BCUT2D eigenvalue weighted by Crippen LogP contribution is -2.41. The monoisotopic (exact) mass is 464 g/mol. The second-order valence-corrected chi connectivity index (χ2v) is 11.2. The highest BCUT2D eigenvalue weighted by Crippen LogP contribution is 2.33. The van der Waals surface area contributed by atoms with Gasteiger partial charge in [0, 0.05) is 17.5 Å². The number of rotatable bonds is 8. The topological polar surface area (TPSA) is 92.8 Å². The van der Waals surface area contributed by atoms with Gasteiger partial charge in [-0.2, -0.15) is 0 Å². The van der Waals surface area contributed by atoms with E-state index in [2.05, 4.69) is 5.32 Å². The first-order valence-electron chi connectivity index (χ1n) is 10.3. The third-order valence-electron chi connectivity index (χ3n) is 5.42. The van der Waals surface area contributed by atoms with Gasteiger partial charge in [0.2, 0.25) is 5.91 Å². The Morgan fingerprint density at radius 2 is 1.94 bits per heavy atom. The van der Waals surface area contributed by atoms with E-state index in [1.54, 1.807) is 6.92 Å². The maximum atomic E-state index is 12.9. The number of hydrogen-bond donors (Lipinski definition) is 1. The molecule has 0 saturated carbocycles. The fourth-order valence-electron chi connectivity index (χ4n) is 3.71. The van der Waals surface area contributed by atoms with Gasteiger partial charge in [-0.15, -0.1) is 11.3 Å². The minimum Gasteiger partial charge on any atom is -0.462 e. The van der Waals surface area contributed by atoms with Crippen LogP contribution in [0.2, 0.25) is 0 Å². The first kappa shape index (κ1) is 23.4. The van der Waals surface area contributed by atoms with Gasteiger partial charge in [-0.05, 0) is 38.3 Å². The number of esters is 1. The summed E-state index contributed by atoms with van der Waals surface area (Å²) in [5.74, 6) is -0.547.